The van der Waals surface area contributed by atoms with Crippen molar-refractivity contribution in [2.24, 2.45) is 0 Å². The van der Waals surface area contributed by atoms with E-state index in [-0.39, 0.29) is 23.0 Å². The van der Waals surface area contributed by atoms with Gasteiger partial charge in [0, 0.05) is 36.0 Å². The second-order valence-electron chi connectivity index (χ2n) is 8.04. The first kappa shape index (κ1) is 24.6. The molecule has 1 aliphatic rings. The number of hydrogen-bond acceptors (Lipinski definition) is 7. The van der Waals surface area contributed by atoms with Gasteiger partial charge in [-0.2, -0.15) is 0 Å². The maximum absolute atomic E-state index is 12.7. The van der Waals surface area contributed by atoms with Crippen LogP contribution >= 0.6 is 23.8 Å². The number of carbonyl (C=O) groups is 1. The minimum Gasteiger partial charge on any atom is -0.459 e. The van der Waals surface area contributed by atoms with Gasteiger partial charge in [-0.15, -0.1) is 0 Å². The van der Waals surface area contributed by atoms with Crippen molar-refractivity contribution in [3.8, 4) is 11.3 Å². The molecular formula is C24H23ClN4O5S. The summed E-state index contributed by atoms with van der Waals surface area (Å²) in [4.78, 5) is 25.9. The highest BCUT2D eigenvalue weighted by molar-refractivity contribution is 7.80. The van der Waals surface area contributed by atoms with Gasteiger partial charge in [0.1, 0.15) is 23.8 Å². The Morgan fingerprint density at radius 3 is 2.57 bits per heavy atom. The Balaban J connectivity index is 1.43. The normalized spacial score (nSPS) is 13.4. The van der Waals surface area contributed by atoms with Crippen molar-refractivity contribution in [2.45, 2.75) is 25.9 Å². The van der Waals surface area contributed by atoms with Gasteiger partial charge in [0.25, 0.3) is 11.6 Å². The van der Waals surface area contributed by atoms with E-state index in [1.54, 1.807) is 42.5 Å². The number of nitrogens with one attached hydrogen (secondary N) is 2. The predicted octanol–water partition coefficient (Wildman–Crippen LogP) is 5.12. The number of furan rings is 1. The summed E-state index contributed by atoms with van der Waals surface area (Å²) >= 11 is 11.6. The van der Waals surface area contributed by atoms with E-state index in [0.717, 1.165) is 32.4 Å². The van der Waals surface area contributed by atoms with E-state index in [1.165, 1.54) is 6.07 Å². The van der Waals surface area contributed by atoms with Gasteiger partial charge in [-0.05, 0) is 73.9 Å². The molecule has 4 rings (SSSR count). The van der Waals surface area contributed by atoms with Crippen molar-refractivity contribution in [1.82, 2.24) is 5.32 Å². The smallest absolute Gasteiger partial charge is 0.293 e. The first-order valence-electron chi connectivity index (χ1n) is 11.0. The number of halogens is 1. The Morgan fingerprint density at radius 2 is 1.91 bits per heavy atom. The van der Waals surface area contributed by atoms with Crippen LogP contribution < -0.4 is 15.5 Å². The maximum Gasteiger partial charge on any atom is 0.293 e. The summed E-state index contributed by atoms with van der Waals surface area (Å²) in [6.45, 7) is 1.30. The fourth-order valence-corrected chi connectivity index (χ4v) is 4.44. The van der Waals surface area contributed by atoms with Crippen LogP contribution in [-0.4, -0.2) is 34.1 Å². The molecular weight excluding hydrogens is 492 g/mol. The van der Waals surface area contributed by atoms with Crippen LogP contribution in [0, 0.1) is 10.1 Å². The summed E-state index contributed by atoms with van der Waals surface area (Å²) in [6, 6.07) is 12.9. The lowest BCUT2D eigenvalue weighted by Gasteiger charge is -2.28. The second-order valence-corrected chi connectivity index (χ2v) is 8.85. The number of hydrogen-bond donors (Lipinski definition) is 3. The molecule has 0 aliphatic carbocycles. The summed E-state index contributed by atoms with van der Waals surface area (Å²) < 4.78 is 5.51. The Hall–Kier alpha value is -3.47. The number of anilines is 2. The molecule has 182 valence electrons. The van der Waals surface area contributed by atoms with Gasteiger partial charge in [-0.3, -0.25) is 20.2 Å². The number of rotatable bonds is 6. The predicted molar refractivity (Wildman–Crippen MR) is 138 cm³/mol. The average Bonchev–Trinajstić information content (AvgIpc) is 3.33. The monoisotopic (exact) mass is 514 g/mol. The number of piperidine rings is 1. The number of aliphatic hydroxyl groups excluding tert-OH is 1. The zero-order chi connectivity index (χ0) is 24.9. The van der Waals surface area contributed by atoms with Crippen LogP contribution in [0.15, 0.2) is 52.9 Å². The van der Waals surface area contributed by atoms with E-state index in [1.807, 2.05) is 4.90 Å². The number of thiocarbonyl (C=S) groups is 1. The molecule has 1 aromatic heterocycles. The lowest BCUT2D eigenvalue weighted by atomic mass is 10.1. The number of aliphatic hydroxyl groups is 1. The van der Waals surface area contributed by atoms with E-state index in [9.17, 15) is 14.9 Å². The fraction of sp³-hybridized carbons (Fsp3) is 0.250. The maximum atomic E-state index is 12.7. The van der Waals surface area contributed by atoms with E-state index in [2.05, 4.69) is 10.6 Å². The number of nitro groups is 1. The molecule has 11 heteroatoms. The molecule has 0 spiro atoms. The highest BCUT2D eigenvalue weighted by Crippen LogP contribution is 2.33. The third-order valence-corrected chi connectivity index (χ3v) is 6.18. The molecule has 1 amide bonds. The van der Waals surface area contributed by atoms with Gasteiger partial charge >= 0.3 is 0 Å². The highest BCUT2D eigenvalue weighted by Gasteiger charge is 2.23. The van der Waals surface area contributed by atoms with Crippen LogP contribution in [0.5, 0.6) is 0 Å². The van der Waals surface area contributed by atoms with Crippen LogP contribution in [0.2, 0.25) is 5.02 Å². The third kappa shape index (κ3) is 5.79. The van der Waals surface area contributed by atoms with Gasteiger partial charge < -0.3 is 19.7 Å². The molecule has 35 heavy (non-hydrogen) atoms. The van der Waals surface area contributed by atoms with Crippen LogP contribution in [0.3, 0.4) is 0 Å². The quantitative estimate of drug-likeness (QED) is 0.235. The number of benzene rings is 2. The number of carbonyl (C=O) groups excluding carboxylic acids is 1. The number of amides is 1. The Bertz CT molecular complexity index is 1270. The summed E-state index contributed by atoms with van der Waals surface area (Å²) in [6.07, 6.45) is 3.07. The standard InChI is InChI=1S/C24H23ClN4O5S/c25-19-13-16(5-7-18(19)22-9-6-17(14-30)34-22)26-24(35)27-23(31)15-4-8-20(21(12-15)29(32)33)28-10-2-1-3-11-28/h4-9,12-13,30H,1-3,10-11,14H2,(H2,26,27,31,35). The summed E-state index contributed by atoms with van der Waals surface area (Å²) in [5.74, 6) is 0.369. The van der Waals surface area contributed by atoms with Crippen LogP contribution in [0.25, 0.3) is 11.3 Å². The Kier molecular flexibility index (Phi) is 7.64. The van der Waals surface area contributed by atoms with Gasteiger partial charge in [0.15, 0.2) is 5.11 Å². The lowest BCUT2D eigenvalue weighted by molar-refractivity contribution is -0.384. The van der Waals surface area contributed by atoms with Gasteiger partial charge in [0.2, 0.25) is 0 Å². The Morgan fingerprint density at radius 1 is 1.14 bits per heavy atom. The molecule has 3 aromatic rings. The van der Waals surface area contributed by atoms with Crippen molar-refractivity contribution < 1.29 is 19.2 Å². The summed E-state index contributed by atoms with van der Waals surface area (Å²) in [5, 5.41) is 26.6. The summed E-state index contributed by atoms with van der Waals surface area (Å²) in [7, 11) is 0. The van der Waals surface area contributed by atoms with Crippen LogP contribution in [0.1, 0.15) is 35.4 Å². The Labute approximate surface area is 211 Å². The first-order valence-corrected chi connectivity index (χ1v) is 11.8. The summed E-state index contributed by atoms with van der Waals surface area (Å²) in [5.41, 5.74) is 1.71. The minimum absolute atomic E-state index is 0.0159. The van der Waals surface area contributed by atoms with E-state index in [0.29, 0.717) is 33.5 Å². The molecule has 0 unspecified atom stereocenters. The van der Waals surface area contributed by atoms with Crippen molar-refractivity contribution in [2.75, 3.05) is 23.3 Å². The van der Waals surface area contributed by atoms with Gasteiger partial charge in [0.05, 0.1) is 9.95 Å². The zero-order valence-corrected chi connectivity index (χ0v) is 20.2. The van der Waals surface area contributed by atoms with E-state index >= 15 is 0 Å². The first-order chi connectivity index (χ1) is 16.9. The SMILES string of the molecule is O=C(NC(=S)Nc1ccc(-c2ccc(CO)o2)c(Cl)c1)c1ccc(N2CCCCC2)c([N+](=O)[O-])c1. The number of nitro benzene ring substituents is 1. The van der Waals surface area contributed by atoms with Crippen molar-refractivity contribution in [3.05, 3.63) is 75.0 Å². The van der Waals surface area contributed by atoms with Crippen LogP contribution in [-0.2, 0) is 6.61 Å². The largest absolute Gasteiger partial charge is 0.459 e. The van der Waals surface area contributed by atoms with Crippen molar-refractivity contribution >= 4 is 51.9 Å². The molecule has 2 aromatic carbocycles. The third-order valence-electron chi connectivity index (χ3n) is 5.67. The highest BCUT2D eigenvalue weighted by atomic mass is 35.5. The molecule has 2 heterocycles. The average molecular weight is 515 g/mol. The molecule has 1 fully saturated rings. The fourth-order valence-electron chi connectivity index (χ4n) is 3.95. The molecule has 0 atom stereocenters. The second kappa shape index (κ2) is 10.9. The molecule has 1 saturated heterocycles. The minimum atomic E-state index is -0.564. The molecule has 1 aliphatic heterocycles. The topological polar surface area (TPSA) is 121 Å². The van der Waals surface area contributed by atoms with Crippen LogP contribution in [0.4, 0.5) is 17.1 Å². The molecule has 9 nitrogen and oxygen atoms in total. The van der Waals surface area contributed by atoms with Gasteiger partial charge in [-0.25, -0.2) is 0 Å². The zero-order valence-electron chi connectivity index (χ0n) is 18.6. The van der Waals surface area contributed by atoms with E-state index in [4.69, 9.17) is 33.3 Å². The van der Waals surface area contributed by atoms with Crippen molar-refractivity contribution in [1.29, 1.82) is 0 Å². The molecule has 0 bridgehead atoms. The lowest BCUT2D eigenvalue weighted by Crippen LogP contribution is -2.34. The number of nitrogens with zero attached hydrogens (tertiary/aromatic N) is 2. The van der Waals surface area contributed by atoms with Crippen molar-refractivity contribution in [3.63, 3.8) is 0 Å². The van der Waals surface area contributed by atoms with E-state index < -0.39 is 10.8 Å². The van der Waals surface area contributed by atoms with Gasteiger partial charge in [-0.1, -0.05) is 11.6 Å². The molecule has 0 radical (unpaired) electrons. The molecule has 3 N–H and O–H groups in total. The molecule has 0 saturated carbocycles.